The van der Waals surface area contributed by atoms with Gasteiger partial charge in [0.1, 0.15) is 0 Å². The third-order valence-corrected chi connectivity index (χ3v) is 3.16. The van der Waals surface area contributed by atoms with E-state index in [4.69, 9.17) is 5.73 Å². The van der Waals surface area contributed by atoms with E-state index in [0.29, 0.717) is 6.54 Å². The van der Waals surface area contributed by atoms with Gasteiger partial charge in [0.15, 0.2) is 0 Å². The Morgan fingerprint density at radius 1 is 0.947 bits per heavy atom. The highest BCUT2D eigenvalue weighted by atomic mass is 14.9. The summed E-state index contributed by atoms with van der Waals surface area (Å²) in [5.74, 6) is 0. The molecule has 0 fully saturated rings. The molecule has 19 heavy (non-hydrogen) atoms. The van der Waals surface area contributed by atoms with Gasteiger partial charge in [-0.1, -0.05) is 36.4 Å². The second-order valence-electron chi connectivity index (χ2n) is 4.43. The van der Waals surface area contributed by atoms with Crippen LogP contribution in [0, 0.1) is 0 Å². The fourth-order valence-corrected chi connectivity index (χ4v) is 2.13. The minimum atomic E-state index is 0.697. The molecule has 3 heteroatoms. The quantitative estimate of drug-likeness (QED) is 0.699. The summed E-state index contributed by atoms with van der Waals surface area (Å²) in [5.41, 5.74) is 9.86. The Kier molecular flexibility index (Phi) is 3.02. The third-order valence-electron chi connectivity index (χ3n) is 3.16. The number of aromatic nitrogens is 1. The van der Waals surface area contributed by atoms with E-state index in [1.165, 1.54) is 0 Å². The van der Waals surface area contributed by atoms with Crippen molar-refractivity contribution >= 4 is 22.3 Å². The summed E-state index contributed by atoms with van der Waals surface area (Å²) in [7, 11) is 0. The van der Waals surface area contributed by atoms with Crippen LogP contribution in [0.25, 0.3) is 10.9 Å². The van der Waals surface area contributed by atoms with E-state index >= 15 is 0 Å². The van der Waals surface area contributed by atoms with Gasteiger partial charge in [-0.25, -0.2) is 0 Å². The molecule has 0 bridgehead atoms. The first-order valence-corrected chi connectivity index (χ1v) is 6.25. The average molecular weight is 249 g/mol. The Balaban J connectivity index is 1.88. The molecule has 0 atom stereocenters. The summed E-state index contributed by atoms with van der Waals surface area (Å²) >= 11 is 0. The first-order chi connectivity index (χ1) is 9.34. The summed E-state index contributed by atoms with van der Waals surface area (Å²) in [5, 5.41) is 4.54. The highest BCUT2D eigenvalue weighted by Gasteiger charge is 2.02. The van der Waals surface area contributed by atoms with Crippen molar-refractivity contribution in [2.45, 2.75) is 6.54 Å². The molecule has 1 heterocycles. The van der Waals surface area contributed by atoms with Crippen molar-refractivity contribution in [2.24, 2.45) is 0 Å². The Bertz CT molecular complexity index is 702. The fourth-order valence-electron chi connectivity index (χ4n) is 2.13. The molecule has 0 aliphatic rings. The lowest BCUT2D eigenvalue weighted by Crippen LogP contribution is -2.03. The zero-order chi connectivity index (χ0) is 13.1. The van der Waals surface area contributed by atoms with E-state index in [1.807, 2.05) is 48.7 Å². The topological polar surface area (TPSA) is 50.9 Å². The summed E-state index contributed by atoms with van der Waals surface area (Å²) in [6.07, 6.45) is 1.81. The van der Waals surface area contributed by atoms with Gasteiger partial charge in [-0.15, -0.1) is 0 Å². The maximum absolute atomic E-state index is 5.94. The molecule has 3 rings (SSSR count). The molecule has 0 spiro atoms. The average Bonchev–Trinajstić information content (AvgIpc) is 2.46. The lowest BCUT2D eigenvalue weighted by atomic mass is 10.1. The molecule has 3 aromatic rings. The normalized spacial score (nSPS) is 10.5. The van der Waals surface area contributed by atoms with Gasteiger partial charge >= 0.3 is 0 Å². The van der Waals surface area contributed by atoms with Crippen LogP contribution in [0.15, 0.2) is 60.8 Å². The molecule has 1 aromatic heterocycles. The molecule has 94 valence electrons. The number of nitrogens with two attached hydrogens (primary N) is 1. The highest BCUT2D eigenvalue weighted by molar-refractivity contribution is 5.90. The Labute approximate surface area is 112 Å². The van der Waals surface area contributed by atoms with E-state index < -0.39 is 0 Å². The van der Waals surface area contributed by atoms with Gasteiger partial charge < -0.3 is 11.1 Å². The SMILES string of the molecule is Nc1ccccc1CNc1cccc2cccnc12. The number of anilines is 2. The first-order valence-electron chi connectivity index (χ1n) is 6.25. The largest absolute Gasteiger partial charge is 0.398 e. The van der Waals surface area contributed by atoms with Gasteiger partial charge in [-0.2, -0.15) is 0 Å². The molecular weight excluding hydrogens is 234 g/mol. The second kappa shape index (κ2) is 4.98. The summed E-state index contributed by atoms with van der Waals surface area (Å²) in [4.78, 5) is 4.42. The number of pyridine rings is 1. The molecule has 0 aliphatic heterocycles. The van der Waals surface area contributed by atoms with Crippen molar-refractivity contribution in [1.29, 1.82) is 0 Å². The molecule has 0 saturated heterocycles. The predicted molar refractivity (Wildman–Crippen MR) is 79.9 cm³/mol. The molecule has 0 saturated carbocycles. The van der Waals surface area contributed by atoms with E-state index in [9.17, 15) is 0 Å². The standard InChI is InChI=1S/C16H15N3/c17-14-8-2-1-5-13(14)11-19-15-9-3-6-12-7-4-10-18-16(12)15/h1-10,19H,11,17H2. The maximum Gasteiger partial charge on any atom is 0.0933 e. The maximum atomic E-state index is 5.94. The molecular formula is C16H15N3. The van der Waals surface area contributed by atoms with Gasteiger partial charge in [-0.05, 0) is 23.8 Å². The van der Waals surface area contributed by atoms with Crippen LogP contribution >= 0.6 is 0 Å². The van der Waals surface area contributed by atoms with Crippen molar-refractivity contribution in [3.63, 3.8) is 0 Å². The summed E-state index contributed by atoms with van der Waals surface area (Å²) in [6, 6.07) is 18.0. The van der Waals surface area contributed by atoms with Crippen LogP contribution in [-0.2, 0) is 6.54 Å². The van der Waals surface area contributed by atoms with E-state index in [1.54, 1.807) is 0 Å². The first kappa shape index (κ1) is 11.5. The van der Waals surface area contributed by atoms with Gasteiger partial charge in [0.25, 0.3) is 0 Å². The van der Waals surface area contributed by atoms with Crippen molar-refractivity contribution in [3.05, 3.63) is 66.4 Å². The molecule has 2 aromatic carbocycles. The van der Waals surface area contributed by atoms with E-state index in [-0.39, 0.29) is 0 Å². The fraction of sp³-hybridized carbons (Fsp3) is 0.0625. The van der Waals surface area contributed by atoms with Crippen molar-refractivity contribution in [2.75, 3.05) is 11.1 Å². The van der Waals surface area contributed by atoms with E-state index in [0.717, 1.165) is 27.8 Å². The van der Waals surface area contributed by atoms with Gasteiger partial charge in [0.05, 0.1) is 11.2 Å². The number of hydrogen-bond donors (Lipinski definition) is 2. The number of benzene rings is 2. The van der Waals surface area contributed by atoms with Crippen LogP contribution in [0.1, 0.15) is 5.56 Å². The number of hydrogen-bond acceptors (Lipinski definition) is 3. The van der Waals surface area contributed by atoms with Crippen LogP contribution in [0.4, 0.5) is 11.4 Å². The minimum absolute atomic E-state index is 0.697. The molecule has 3 N–H and O–H groups in total. The van der Waals surface area contributed by atoms with Gasteiger partial charge in [0.2, 0.25) is 0 Å². The molecule has 3 nitrogen and oxygen atoms in total. The lowest BCUT2D eigenvalue weighted by molar-refractivity contribution is 1.15. The zero-order valence-corrected chi connectivity index (χ0v) is 10.5. The lowest BCUT2D eigenvalue weighted by Gasteiger charge is -2.10. The summed E-state index contributed by atoms with van der Waals surface area (Å²) in [6.45, 7) is 0.697. The molecule has 0 unspecified atom stereocenters. The highest BCUT2D eigenvalue weighted by Crippen LogP contribution is 2.22. The number of nitrogens with zero attached hydrogens (tertiary/aromatic N) is 1. The minimum Gasteiger partial charge on any atom is -0.398 e. The smallest absolute Gasteiger partial charge is 0.0933 e. The Morgan fingerprint density at radius 2 is 1.79 bits per heavy atom. The number of para-hydroxylation sites is 2. The van der Waals surface area contributed by atoms with Gasteiger partial charge in [-0.3, -0.25) is 4.98 Å². The predicted octanol–water partition coefficient (Wildman–Crippen LogP) is 3.43. The van der Waals surface area contributed by atoms with E-state index in [2.05, 4.69) is 22.4 Å². The number of nitrogens with one attached hydrogen (secondary N) is 1. The van der Waals surface area contributed by atoms with Crippen LogP contribution in [0.2, 0.25) is 0 Å². The summed E-state index contributed by atoms with van der Waals surface area (Å²) < 4.78 is 0. The van der Waals surface area contributed by atoms with Crippen molar-refractivity contribution in [1.82, 2.24) is 4.98 Å². The van der Waals surface area contributed by atoms with Crippen LogP contribution in [-0.4, -0.2) is 4.98 Å². The van der Waals surface area contributed by atoms with Crippen LogP contribution in [0.5, 0.6) is 0 Å². The Morgan fingerprint density at radius 3 is 2.68 bits per heavy atom. The zero-order valence-electron chi connectivity index (χ0n) is 10.5. The second-order valence-corrected chi connectivity index (χ2v) is 4.43. The number of fused-ring (bicyclic) bond motifs is 1. The van der Waals surface area contributed by atoms with Crippen LogP contribution in [0.3, 0.4) is 0 Å². The van der Waals surface area contributed by atoms with Gasteiger partial charge in [0, 0.05) is 23.8 Å². The van der Waals surface area contributed by atoms with Crippen LogP contribution < -0.4 is 11.1 Å². The molecule has 0 amide bonds. The van der Waals surface area contributed by atoms with Crippen molar-refractivity contribution in [3.8, 4) is 0 Å². The molecule has 0 radical (unpaired) electrons. The molecule has 0 aliphatic carbocycles. The number of rotatable bonds is 3. The Hall–Kier alpha value is -2.55. The monoisotopic (exact) mass is 249 g/mol. The van der Waals surface area contributed by atoms with Crippen molar-refractivity contribution < 1.29 is 0 Å². The number of nitrogen functional groups attached to an aromatic ring is 1. The third kappa shape index (κ3) is 2.36.